The predicted molar refractivity (Wildman–Crippen MR) is 98.0 cm³/mol. The summed E-state index contributed by atoms with van der Waals surface area (Å²) in [5, 5.41) is 10.6. The smallest absolute Gasteiger partial charge is 0.269 e. The number of likely N-dealkylation sites (tertiary alicyclic amines) is 1. The van der Waals surface area contributed by atoms with Crippen LogP contribution in [-0.4, -0.2) is 41.0 Å². The molecule has 25 heavy (non-hydrogen) atoms. The van der Waals surface area contributed by atoms with Gasteiger partial charge in [0, 0.05) is 38.1 Å². The molecule has 1 fully saturated rings. The van der Waals surface area contributed by atoms with E-state index in [-0.39, 0.29) is 35.5 Å². The van der Waals surface area contributed by atoms with Crippen molar-refractivity contribution in [1.29, 1.82) is 0 Å². The van der Waals surface area contributed by atoms with Crippen molar-refractivity contribution >= 4 is 24.0 Å². The molecule has 1 aliphatic heterocycles. The zero-order valence-electron chi connectivity index (χ0n) is 14.8. The summed E-state index contributed by atoms with van der Waals surface area (Å²) in [6, 6.07) is 5.55. The van der Waals surface area contributed by atoms with Crippen LogP contribution in [0, 0.1) is 15.5 Å². The average molecular weight is 372 g/mol. The number of hydrogen-bond acceptors (Lipinski definition) is 5. The van der Waals surface area contributed by atoms with Crippen molar-refractivity contribution in [1.82, 2.24) is 4.90 Å². The lowest BCUT2D eigenvalue weighted by Crippen LogP contribution is -2.53. The molecule has 1 heterocycles. The fraction of sp³-hybridized carbons (Fsp3) is 0.588. The van der Waals surface area contributed by atoms with E-state index in [4.69, 9.17) is 10.5 Å². The SMILES string of the molecule is CC(C)(C)[C@H](N)C(=O)N1CCC(Oc2ccc([N+](=O)[O-])cc2)CC1.Cl. The number of nitro groups is 1. The van der Waals surface area contributed by atoms with E-state index in [1.165, 1.54) is 12.1 Å². The molecular weight excluding hydrogens is 346 g/mol. The molecule has 2 rings (SSSR count). The first-order chi connectivity index (χ1) is 11.2. The number of amides is 1. The van der Waals surface area contributed by atoms with Gasteiger partial charge in [-0.05, 0) is 17.5 Å². The second kappa shape index (κ2) is 8.49. The second-order valence-corrected chi connectivity index (χ2v) is 7.24. The number of piperidine rings is 1. The number of carbonyl (C=O) groups is 1. The van der Waals surface area contributed by atoms with Crippen LogP contribution in [0.25, 0.3) is 0 Å². The summed E-state index contributed by atoms with van der Waals surface area (Å²) in [6.45, 7) is 7.10. The molecule has 7 nitrogen and oxygen atoms in total. The maximum absolute atomic E-state index is 12.4. The van der Waals surface area contributed by atoms with Crippen LogP contribution in [0.15, 0.2) is 24.3 Å². The minimum Gasteiger partial charge on any atom is -0.490 e. The molecule has 0 aromatic heterocycles. The summed E-state index contributed by atoms with van der Waals surface area (Å²) in [5.74, 6) is 0.591. The van der Waals surface area contributed by atoms with Crippen LogP contribution in [0.1, 0.15) is 33.6 Å². The fourth-order valence-corrected chi connectivity index (χ4v) is 2.60. The van der Waals surface area contributed by atoms with Gasteiger partial charge >= 0.3 is 0 Å². The first-order valence-electron chi connectivity index (χ1n) is 8.14. The highest BCUT2D eigenvalue weighted by molar-refractivity contribution is 5.85. The minimum absolute atomic E-state index is 0. The number of ether oxygens (including phenoxy) is 1. The Balaban J connectivity index is 0.00000312. The molecule has 1 aromatic rings. The van der Waals surface area contributed by atoms with E-state index in [1.807, 2.05) is 20.8 Å². The minimum atomic E-state index is -0.510. The Morgan fingerprint density at radius 1 is 1.28 bits per heavy atom. The van der Waals surface area contributed by atoms with Crippen molar-refractivity contribution in [2.45, 2.75) is 45.8 Å². The summed E-state index contributed by atoms with van der Waals surface area (Å²) >= 11 is 0. The third-order valence-corrected chi connectivity index (χ3v) is 4.30. The van der Waals surface area contributed by atoms with Gasteiger partial charge in [0.2, 0.25) is 5.91 Å². The van der Waals surface area contributed by atoms with E-state index in [0.717, 1.165) is 12.8 Å². The molecule has 1 aromatic carbocycles. The summed E-state index contributed by atoms with van der Waals surface area (Å²) in [4.78, 5) is 24.4. The lowest BCUT2D eigenvalue weighted by atomic mass is 9.86. The van der Waals surface area contributed by atoms with E-state index in [9.17, 15) is 14.9 Å². The van der Waals surface area contributed by atoms with Gasteiger partial charge in [0.05, 0.1) is 11.0 Å². The number of rotatable bonds is 4. The summed E-state index contributed by atoms with van der Waals surface area (Å²) in [6.07, 6.45) is 1.44. The van der Waals surface area contributed by atoms with E-state index in [1.54, 1.807) is 17.0 Å². The van der Waals surface area contributed by atoms with E-state index in [2.05, 4.69) is 0 Å². The third-order valence-electron chi connectivity index (χ3n) is 4.30. The topological polar surface area (TPSA) is 98.7 Å². The Kier molecular flexibility index (Phi) is 7.19. The van der Waals surface area contributed by atoms with Gasteiger partial charge in [-0.15, -0.1) is 12.4 Å². The van der Waals surface area contributed by atoms with Crippen molar-refractivity contribution < 1.29 is 14.5 Å². The van der Waals surface area contributed by atoms with Gasteiger partial charge in [0.15, 0.2) is 0 Å². The summed E-state index contributed by atoms with van der Waals surface area (Å²) in [5.41, 5.74) is 5.82. The highest BCUT2D eigenvalue weighted by Crippen LogP contribution is 2.24. The normalized spacial score (nSPS) is 16.7. The van der Waals surface area contributed by atoms with Gasteiger partial charge in [-0.25, -0.2) is 0 Å². The number of hydrogen-bond donors (Lipinski definition) is 1. The highest BCUT2D eigenvalue weighted by Gasteiger charge is 2.33. The van der Waals surface area contributed by atoms with Crippen LogP contribution >= 0.6 is 12.4 Å². The fourth-order valence-electron chi connectivity index (χ4n) is 2.60. The summed E-state index contributed by atoms with van der Waals surface area (Å²) < 4.78 is 5.85. The van der Waals surface area contributed by atoms with Crippen LogP contribution < -0.4 is 10.5 Å². The Morgan fingerprint density at radius 2 is 1.80 bits per heavy atom. The lowest BCUT2D eigenvalue weighted by Gasteiger charge is -2.36. The van der Waals surface area contributed by atoms with E-state index >= 15 is 0 Å². The molecule has 140 valence electrons. The molecule has 2 N–H and O–H groups in total. The maximum atomic E-state index is 12.4. The highest BCUT2D eigenvalue weighted by atomic mass is 35.5. The predicted octanol–water partition coefficient (Wildman–Crippen LogP) is 2.76. The molecule has 0 bridgehead atoms. The number of nitrogens with zero attached hydrogens (tertiary/aromatic N) is 2. The summed E-state index contributed by atoms with van der Waals surface area (Å²) in [7, 11) is 0. The van der Waals surface area contributed by atoms with Crippen LogP contribution in [0.5, 0.6) is 5.75 Å². The number of non-ortho nitro benzene ring substituents is 1. The molecule has 0 unspecified atom stereocenters. The lowest BCUT2D eigenvalue weighted by molar-refractivity contribution is -0.384. The van der Waals surface area contributed by atoms with Crippen molar-refractivity contribution in [2.24, 2.45) is 11.1 Å². The average Bonchev–Trinajstić information content (AvgIpc) is 2.54. The maximum Gasteiger partial charge on any atom is 0.269 e. The van der Waals surface area contributed by atoms with Crippen LogP contribution in [0.2, 0.25) is 0 Å². The molecule has 1 aliphatic rings. The second-order valence-electron chi connectivity index (χ2n) is 7.24. The van der Waals surface area contributed by atoms with Gasteiger partial charge in [-0.1, -0.05) is 20.8 Å². The quantitative estimate of drug-likeness (QED) is 0.648. The monoisotopic (exact) mass is 371 g/mol. The molecule has 0 aliphatic carbocycles. The van der Waals surface area contributed by atoms with E-state index < -0.39 is 11.0 Å². The molecule has 1 amide bonds. The van der Waals surface area contributed by atoms with Crippen molar-refractivity contribution in [3.05, 3.63) is 34.4 Å². The first-order valence-corrected chi connectivity index (χ1v) is 8.14. The zero-order valence-corrected chi connectivity index (χ0v) is 15.6. The largest absolute Gasteiger partial charge is 0.490 e. The number of carbonyl (C=O) groups excluding carboxylic acids is 1. The van der Waals surface area contributed by atoms with Gasteiger partial charge in [-0.2, -0.15) is 0 Å². The van der Waals surface area contributed by atoms with Crippen LogP contribution in [0.3, 0.4) is 0 Å². The van der Waals surface area contributed by atoms with Gasteiger partial charge in [0.1, 0.15) is 11.9 Å². The molecule has 0 spiro atoms. The van der Waals surface area contributed by atoms with Gasteiger partial charge in [0.25, 0.3) is 5.69 Å². The van der Waals surface area contributed by atoms with Crippen molar-refractivity contribution in [3.8, 4) is 5.75 Å². The molecule has 1 saturated heterocycles. The van der Waals surface area contributed by atoms with Crippen LogP contribution in [-0.2, 0) is 4.79 Å². The van der Waals surface area contributed by atoms with Gasteiger partial charge < -0.3 is 15.4 Å². The number of nitrogens with two attached hydrogens (primary N) is 1. The van der Waals surface area contributed by atoms with Crippen molar-refractivity contribution in [3.63, 3.8) is 0 Å². The Morgan fingerprint density at radius 3 is 2.24 bits per heavy atom. The molecule has 8 heteroatoms. The molecule has 0 radical (unpaired) electrons. The zero-order chi connectivity index (χ0) is 17.9. The number of benzene rings is 1. The van der Waals surface area contributed by atoms with Crippen LogP contribution in [0.4, 0.5) is 5.69 Å². The molecular formula is C17H26ClN3O4. The third kappa shape index (κ3) is 5.57. The van der Waals surface area contributed by atoms with E-state index in [0.29, 0.717) is 18.8 Å². The Hall–Kier alpha value is -1.86. The first kappa shape index (κ1) is 21.2. The number of halogens is 1. The Labute approximate surface area is 154 Å². The number of nitro benzene ring substituents is 1. The Bertz CT molecular complexity index is 593. The molecule has 1 atom stereocenters. The van der Waals surface area contributed by atoms with Gasteiger partial charge in [-0.3, -0.25) is 14.9 Å². The standard InChI is InChI=1S/C17H25N3O4.ClH/c1-17(2,3)15(18)16(21)19-10-8-14(9-11-19)24-13-6-4-12(5-7-13)20(22)23;/h4-7,14-15H,8-11,18H2,1-3H3;1H/t15-;/m1./s1. The molecule has 0 saturated carbocycles. The van der Waals surface area contributed by atoms with Crippen molar-refractivity contribution in [2.75, 3.05) is 13.1 Å².